The highest BCUT2D eigenvalue weighted by Crippen LogP contribution is 2.26. The first-order chi connectivity index (χ1) is 9.78. The summed E-state index contributed by atoms with van der Waals surface area (Å²) in [5.74, 6) is 0.211. The molecule has 2 N–H and O–H groups in total. The van der Waals surface area contributed by atoms with E-state index in [4.69, 9.17) is 10.5 Å². The standard InChI is InChI=1S/C15H27N3O2.2ClH/c16-10-13-5-6-14(20-13)15(19)18-9-3-4-12(18)11-17-7-1-2-8-17;;/h12-14H,1-11,16H2;2*1H/t12?,13-,14+;;/m1../s1. The second-order valence-electron chi connectivity index (χ2n) is 6.40. The smallest absolute Gasteiger partial charge is 0.252 e. The van der Waals surface area contributed by atoms with Crippen molar-refractivity contribution in [3.05, 3.63) is 0 Å². The first kappa shape index (κ1) is 20.0. The number of rotatable bonds is 4. The number of nitrogens with zero attached hydrogens (tertiary/aromatic N) is 2. The van der Waals surface area contributed by atoms with Gasteiger partial charge >= 0.3 is 0 Å². The summed E-state index contributed by atoms with van der Waals surface area (Å²) < 4.78 is 5.77. The summed E-state index contributed by atoms with van der Waals surface area (Å²) in [6.07, 6.45) is 6.53. The fraction of sp³-hybridized carbons (Fsp3) is 0.933. The number of carbonyl (C=O) groups is 1. The third kappa shape index (κ3) is 4.48. The van der Waals surface area contributed by atoms with E-state index in [1.54, 1.807) is 0 Å². The van der Waals surface area contributed by atoms with Crippen molar-refractivity contribution in [2.45, 2.75) is 56.8 Å². The maximum Gasteiger partial charge on any atom is 0.252 e. The Hall–Kier alpha value is -0.0700. The van der Waals surface area contributed by atoms with Crippen molar-refractivity contribution in [2.75, 3.05) is 32.7 Å². The van der Waals surface area contributed by atoms with Crippen LogP contribution < -0.4 is 5.73 Å². The third-order valence-electron chi connectivity index (χ3n) is 4.97. The van der Waals surface area contributed by atoms with Crippen molar-refractivity contribution >= 4 is 30.7 Å². The van der Waals surface area contributed by atoms with Gasteiger partial charge in [0.15, 0.2) is 0 Å². The minimum absolute atomic E-state index is 0. The molecule has 5 nitrogen and oxygen atoms in total. The summed E-state index contributed by atoms with van der Waals surface area (Å²) in [4.78, 5) is 17.2. The van der Waals surface area contributed by atoms with Crippen molar-refractivity contribution in [3.63, 3.8) is 0 Å². The van der Waals surface area contributed by atoms with E-state index in [1.165, 1.54) is 25.9 Å². The summed E-state index contributed by atoms with van der Waals surface area (Å²) in [7, 11) is 0. The van der Waals surface area contributed by atoms with Gasteiger partial charge < -0.3 is 20.3 Å². The van der Waals surface area contributed by atoms with Gasteiger partial charge in [0, 0.05) is 25.7 Å². The van der Waals surface area contributed by atoms with E-state index in [0.717, 1.165) is 38.8 Å². The fourth-order valence-corrected chi connectivity index (χ4v) is 3.82. The van der Waals surface area contributed by atoms with E-state index in [1.807, 2.05) is 0 Å². The number of likely N-dealkylation sites (tertiary alicyclic amines) is 2. The maximum absolute atomic E-state index is 12.6. The molecule has 3 atom stereocenters. The van der Waals surface area contributed by atoms with E-state index < -0.39 is 0 Å². The van der Waals surface area contributed by atoms with Crippen LogP contribution in [-0.4, -0.2) is 66.7 Å². The van der Waals surface area contributed by atoms with E-state index in [2.05, 4.69) is 9.80 Å². The molecule has 3 heterocycles. The second-order valence-corrected chi connectivity index (χ2v) is 6.40. The van der Waals surface area contributed by atoms with Gasteiger partial charge in [0.2, 0.25) is 0 Å². The lowest BCUT2D eigenvalue weighted by molar-refractivity contribution is -0.143. The molecule has 0 bridgehead atoms. The number of carbonyl (C=O) groups excluding carboxylic acids is 1. The van der Waals surface area contributed by atoms with Crippen molar-refractivity contribution < 1.29 is 9.53 Å². The van der Waals surface area contributed by atoms with Gasteiger partial charge in [0.1, 0.15) is 6.10 Å². The Balaban J connectivity index is 0.00000121. The summed E-state index contributed by atoms with van der Waals surface area (Å²) in [6.45, 7) is 4.89. The second kappa shape index (κ2) is 9.28. The van der Waals surface area contributed by atoms with Crippen LogP contribution in [0.4, 0.5) is 0 Å². The molecule has 0 spiro atoms. The Morgan fingerprint density at radius 2 is 1.77 bits per heavy atom. The number of nitrogens with two attached hydrogens (primary N) is 1. The number of hydrogen-bond donors (Lipinski definition) is 1. The largest absolute Gasteiger partial charge is 0.364 e. The van der Waals surface area contributed by atoms with Crippen LogP contribution in [0.5, 0.6) is 0 Å². The molecule has 7 heteroatoms. The molecular weight excluding hydrogens is 325 g/mol. The fourth-order valence-electron chi connectivity index (χ4n) is 3.82. The molecule has 0 saturated carbocycles. The minimum atomic E-state index is -0.234. The first-order valence-electron chi connectivity index (χ1n) is 8.16. The lowest BCUT2D eigenvalue weighted by Gasteiger charge is -2.30. The predicted molar refractivity (Wildman–Crippen MR) is 91.9 cm³/mol. The third-order valence-corrected chi connectivity index (χ3v) is 4.97. The number of ether oxygens (including phenoxy) is 1. The van der Waals surface area contributed by atoms with Crippen LogP contribution in [0.1, 0.15) is 38.5 Å². The van der Waals surface area contributed by atoms with Gasteiger partial charge in [-0.15, -0.1) is 24.8 Å². The van der Waals surface area contributed by atoms with E-state index in [0.29, 0.717) is 12.6 Å². The Morgan fingerprint density at radius 3 is 2.41 bits per heavy atom. The van der Waals surface area contributed by atoms with Crippen molar-refractivity contribution in [1.82, 2.24) is 9.80 Å². The zero-order valence-corrected chi connectivity index (χ0v) is 14.7. The number of halogens is 2. The molecule has 3 fully saturated rings. The highest BCUT2D eigenvalue weighted by atomic mass is 35.5. The highest BCUT2D eigenvalue weighted by Gasteiger charge is 2.38. The van der Waals surface area contributed by atoms with E-state index in [9.17, 15) is 4.79 Å². The summed E-state index contributed by atoms with van der Waals surface area (Å²) in [5, 5.41) is 0. The van der Waals surface area contributed by atoms with Crippen LogP contribution in [-0.2, 0) is 9.53 Å². The molecule has 3 aliphatic heterocycles. The Bertz CT molecular complexity index is 354. The molecule has 0 aliphatic carbocycles. The molecule has 1 amide bonds. The van der Waals surface area contributed by atoms with Gasteiger partial charge in [-0.1, -0.05) is 0 Å². The van der Waals surface area contributed by atoms with E-state index >= 15 is 0 Å². The number of hydrogen-bond acceptors (Lipinski definition) is 4. The van der Waals surface area contributed by atoms with Crippen LogP contribution >= 0.6 is 24.8 Å². The van der Waals surface area contributed by atoms with Gasteiger partial charge in [0.25, 0.3) is 5.91 Å². The predicted octanol–water partition coefficient (Wildman–Crippen LogP) is 1.42. The molecule has 0 aromatic heterocycles. The Morgan fingerprint density at radius 1 is 1.05 bits per heavy atom. The molecule has 3 saturated heterocycles. The number of amides is 1. The average Bonchev–Trinajstić information content (AvgIpc) is 3.20. The topological polar surface area (TPSA) is 58.8 Å². The Kier molecular flexibility index (Phi) is 8.43. The van der Waals surface area contributed by atoms with Crippen LogP contribution in [0.3, 0.4) is 0 Å². The van der Waals surface area contributed by atoms with Crippen molar-refractivity contribution in [1.29, 1.82) is 0 Å². The van der Waals surface area contributed by atoms with Gasteiger partial charge in [-0.05, 0) is 51.6 Å². The molecule has 0 aromatic rings. The monoisotopic (exact) mass is 353 g/mol. The molecular formula is C15H29Cl2N3O2. The molecule has 0 radical (unpaired) electrons. The molecule has 3 rings (SSSR count). The van der Waals surface area contributed by atoms with Gasteiger partial charge in [-0.3, -0.25) is 4.79 Å². The van der Waals surface area contributed by atoms with Crippen LogP contribution in [0.15, 0.2) is 0 Å². The van der Waals surface area contributed by atoms with Crippen molar-refractivity contribution in [2.24, 2.45) is 5.73 Å². The average molecular weight is 354 g/mol. The molecule has 3 aliphatic rings. The SMILES string of the molecule is Cl.Cl.NC[C@H]1CC[C@@H](C(=O)N2CCCC2CN2CCCC2)O1. The molecule has 22 heavy (non-hydrogen) atoms. The molecule has 1 unspecified atom stereocenters. The zero-order valence-electron chi connectivity index (χ0n) is 13.1. The maximum atomic E-state index is 12.6. The van der Waals surface area contributed by atoms with Gasteiger partial charge in [-0.25, -0.2) is 0 Å². The van der Waals surface area contributed by atoms with Crippen LogP contribution in [0.2, 0.25) is 0 Å². The van der Waals surface area contributed by atoms with Gasteiger partial charge in [0.05, 0.1) is 6.10 Å². The van der Waals surface area contributed by atoms with Crippen LogP contribution in [0.25, 0.3) is 0 Å². The summed E-state index contributed by atoms with van der Waals surface area (Å²) >= 11 is 0. The minimum Gasteiger partial charge on any atom is -0.364 e. The lowest BCUT2D eigenvalue weighted by Crippen LogP contribution is -2.46. The van der Waals surface area contributed by atoms with Crippen molar-refractivity contribution in [3.8, 4) is 0 Å². The quantitative estimate of drug-likeness (QED) is 0.830. The molecule has 130 valence electrons. The normalized spacial score (nSPS) is 31.9. The first-order valence-corrected chi connectivity index (χ1v) is 8.16. The zero-order chi connectivity index (χ0) is 13.9. The lowest BCUT2D eigenvalue weighted by atomic mass is 10.1. The van der Waals surface area contributed by atoms with Crippen LogP contribution in [0, 0.1) is 0 Å². The molecule has 0 aromatic carbocycles. The summed E-state index contributed by atoms with van der Waals surface area (Å²) in [5.41, 5.74) is 5.63. The highest BCUT2D eigenvalue weighted by molar-refractivity contribution is 5.85. The summed E-state index contributed by atoms with van der Waals surface area (Å²) in [6, 6.07) is 0.404. The van der Waals surface area contributed by atoms with Gasteiger partial charge in [-0.2, -0.15) is 0 Å². The van der Waals surface area contributed by atoms with E-state index in [-0.39, 0.29) is 42.9 Å². The Labute approximate surface area is 145 Å².